The number of halogens is 3. The number of aryl methyl sites for hydroxylation is 9. The van der Waals surface area contributed by atoms with Gasteiger partial charge in [-0.25, -0.2) is 78.0 Å². The van der Waals surface area contributed by atoms with Gasteiger partial charge in [0.15, 0.2) is 51.9 Å². The van der Waals surface area contributed by atoms with Gasteiger partial charge in [0.25, 0.3) is 6.43 Å². The van der Waals surface area contributed by atoms with E-state index in [1.54, 1.807) is 92.2 Å². The maximum absolute atomic E-state index is 13.3. The second-order valence-electron chi connectivity index (χ2n) is 28.4. The highest BCUT2D eigenvalue weighted by molar-refractivity contribution is 5.98. The average Bonchev–Trinajstić information content (AvgIpc) is 0.832. The van der Waals surface area contributed by atoms with Crippen molar-refractivity contribution in [1.29, 1.82) is 0 Å². The predicted octanol–water partition coefficient (Wildman–Crippen LogP) is 18.1. The normalized spacial score (nSPS) is 10.6. The van der Waals surface area contributed by atoms with Gasteiger partial charge < -0.3 is 23.7 Å². The van der Waals surface area contributed by atoms with Gasteiger partial charge in [-0.1, -0.05) is 65.0 Å². The van der Waals surface area contributed by atoms with E-state index in [2.05, 4.69) is 94.7 Å². The van der Waals surface area contributed by atoms with Crippen LogP contribution in [-0.4, -0.2) is 124 Å². The summed E-state index contributed by atoms with van der Waals surface area (Å²) in [6.45, 7) is 17.6. The highest BCUT2D eigenvalue weighted by atomic mass is 19.3. The molecule has 0 aliphatic rings. The van der Waals surface area contributed by atoms with E-state index in [0.29, 0.717) is 106 Å². The summed E-state index contributed by atoms with van der Waals surface area (Å²) in [5.74, 6) is 2.81. The lowest BCUT2D eigenvalue weighted by atomic mass is 10.1. The number of pyridine rings is 11. The standard InChI is InChI=1S/C20H18FN3O2.C20H20N4O2.2C19H18N4O2.C18H14F2N4O2/c1-3-15-8-17(26-18-7-14(21)11-22-12-18)10-19(24-15)20(25)9-16-6-4-5-13(2)23-16;1-3-14-6-5-7-16(23-14)9-20(25)19-10-17(8-15(4-2)24-19)26-18-11-21-13-22-12-18;2*1-3-14-6-16(25-17-10-20-12-21-11-17)8-18(23-14)19(24)7-15-5-4-13(2)9-22-15;1-11-2-3-12(23-7-11)4-17(25)15-5-13(6-16(24-15)18(19)20)26-14-8-21-10-22-9-14/h4-8,10-12H,3,9H2,1-2H3;5-8,10-13H,3-4,9H2,1-2H3;2*4-6,8-12H,3,7H2,1-2H3;2-3,5-10,18H,4H2,1H3. The Morgan fingerprint density at radius 1 is 0.273 bits per heavy atom. The van der Waals surface area contributed by atoms with Gasteiger partial charge in [-0.05, 0) is 119 Å². The first kappa shape index (κ1) is 92.8. The molecule has 0 spiro atoms. The monoisotopic (exact) mass is 1720 g/mol. The Balaban J connectivity index is 0.000000155. The molecule has 0 bridgehead atoms. The van der Waals surface area contributed by atoms with E-state index in [1.165, 1.54) is 56.0 Å². The summed E-state index contributed by atoms with van der Waals surface area (Å²) in [7, 11) is 0. The zero-order valence-electron chi connectivity index (χ0n) is 71.5. The van der Waals surface area contributed by atoms with Gasteiger partial charge in [0.05, 0.1) is 94.1 Å². The van der Waals surface area contributed by atoms with Crippen LogP contribution in [-0.2, 0) is 64.2 Å². The summed E-state index contributed by atoms with van der Waals surface area (Å²) < 4.78 is 67.9. The molecular weight excluding hydrogens is 1640 g/mol. The van der Waals surface area contributed by atoms with Gasteiger partial charge in [-0.3, -0.25) is 53.9 Å². The van der Waals surface area contributed by atoms with E-state index >= 15 is 0 Å². The van der Waals surface area contributed by atoms with Gasteiger partial charge >= 0.3 is 0 Å². The fourth-order valence-corrected chi connectivity index (χ4v) is 11.7. The van der Waals surface area contributed by atoms with Crippen LogP contribution >= 0.6 is 0 Å². The molecule has 0 unspecified atom stereocenters. The lowest BCUT2D eigenvalue weighted by Gasteiger charge is -2.09. The Hall–Kier alpha value is -15.9. The lowest BCUT2D eigenvalue weighted by Crippen LogP contribution is -2.09. The van der Waals surface area contributed by atoms with Crippen LogP contribution < -0.4 is 23.7 Å². The maximum Gasteiger partial charge on any atom is 0.280 e. The number of hydrogen-bond donors (Lipinski definition) is 0. The van der Waals surface area contributed by atoms with Crippen molar-refractivity contribution in [3.8, 4) is 57.5 Å². The highest BCUT2D eigenvalue weighted by Crippen LogP contribution is 2.31. The van der Waals surface area contributed by atoms with Crippen molar-refractivity contribution < 1.29 is 60.8 Å². The smallest absolute Gasteiger partial charge is 0.280 e. The summed E-state index contributed by atoms with van der Waals surface area (Å²) >= 11 is 0. The number of aromatic nitrogens is 19. The second-order valence-corrected chi connectivity index (χ2v) is 28.4. The van der Waals surface area contributed by atoms with Crippen LogP contribution in [0.5, 0.6) is 57.5 Å². The number of rotatable bonds is 31. The van der Waals surface area contributed by atoms with Gasteiger partial charge in [-0.2, -0.15) is 0 Å². The summed E-state index contributed by atoms with van der Waals surface area (Å²) in [4.78, 5) is 141. The van der Waals surface area contributed by atoms with E-state index in [4.69, 9.17) is 23.7 Å². The second kappa shape index (κ2) is 47.1. The lowest BCUT2D eigenvalue weighted by molar-refractivity contribution is 0.0976. The number of hydrogen-bond acceptors (Lipinski definition) is 29. The molecule has 15 rings (SSSR count). The van der Waals surface area contributed by atoms with Crippen molar-refractivity contribution in [2.45, 2.75) is 133 Å². The Morgan fingerprint density at radius 3 is 0.867 bits per heavy atom. The number of Topliss-reactive ketones (excluding diaryl/α,β-unsaturated/α-hetero) is 5. The van der Waals surface area contributed by atoms with Crippen molar-refractivity contribution >= 4 is 28.9 Å². The van der Waals surface area contributed by atoms with E-state index in [0.717, 1.165) is 80.9 Å². The molecule has 0 radical (unpaired) electrons. The average molecular weight is 1720 g/mol. The number of ketones is 5. The molecule has 29 nitrogen and oxygen atoms in total. The molecule has 0 saturated heterocycles. The molecule has 0 aliphatic heterocycles. The molecule has 0 N–H and O–H groups in total. The topological polar surface area (TPSA) is 376 Å². The maximum atomic E-state index is 13.3. The first-order valence-electron chi connectivity index (χ1n) is 40.6. The Labute approximate surface area is 735 Å². The molecule has 0 saturated carbocycles. The zero-order chi connectivity index (χ0) is 90.7. The van der Waals surface area contributed by atoms with Crippen molar-refractivity contribution in [1.82, 2.24) is 94.7 Å². The summed E-state index contributed by atoms with van der Waals surface area (Å²) in [6.07, 6.45) is 26.9. The van der Waals surface area contributed by atoms with Gasteiger partial charge in [0, 0.05) is 148 Å². The first-order valence-corrected chi connectivity index (χ1v) is 40.6. The van der Waals surface area contributed by atoms with Crippen molar-refractivity contribution in [3.05, 3.63) is 365 Å². The van der Waals surface area contributed by atoms with Crippen LogP contribution in [0.3, 0.4) is 0 Å². The minimum atomic E-state index is -2.84. The van der Waals surface area contributed by atoms with Gasteiger partial charge in [0.2, 0.25) is 0 Å². The molecule has 0 amide bonds. The summed E-state index contributed by atoms with van der Waals surface area (Å²) in [6, 6.07) is 39.7. The Morgan fingerprint density at radius 2 is 0.562 bits per heavy atom. The van der Waals surface area contributed by atoms with Crippen LogP contribution in [0.1, 0.15) is 179 Å². The zero-order valence-corrected chi connectivity index (χ0v) is 71.5. The highest BCUT2D eigenvalue weighted by Gasteiger charge is 2.22. The van der Waals surface area contributed by atoms with E-state index in [1.807, 2.05) is 147 Å². The number of nitrogens with zero attached hydrogens (tertiary/aromatic N) is 19. The third kappa shape index (κ3) is 29.7. The van der Waals surface area contributed by atoms with Crippen molar-refractivity contribution in [2.24, 2.45) is 0 Å². The molecule has 15 aromatic rings. The molecule has 0 aromatic carbocycles. The predicted molar refractivity (Wildman–Crippen MR) is 466 cm³/mol. The largest absolute Gasteiger partial charge is 0.455 e. The van der Waals surface area contributed by atoms with Crippen molar-refractivity contribution in [3.63, 3.8) is 0 Å². The van der Waals surface area contributed by atoms with Crippen LogP contribution in [0, 0.1) is 33.5 Å². The Bertz CT molecular complexity index is 6080. The van der Waals surface area contributed by atoms with Crippen LogP contribution in [0.25, 0.3) is 0 Å². The van der Waals surface area contributed by atoms with E-state index < -0.39 is 23.7 Å². The molecule has 15 heterocycles. The SMILES string of the molecule is CCc1cc(Oc2cncc(F)c2)cc(C(=O)Cc2cccc(C)n2)n1.CCc1cc(Oc2cncnc2)cc(C(=O)Cc2ccc(C)cn2)n1.CCc1cc(Oc2cncnc2)cc(C(=O)Cc2ccc(C)cn2)n1.CCc1cccc(CC(=O)c2cc(Oc3cncnc3)cc(CC)n2)n1.Cc1ccc(CC(=O)c2cc(Oc3cncnc3)cc(C(F)F)n2)nc1. The number of carbonyl (C=O) groups is 5. The molecule has 32 heteroatoms. The first-order chi connectivity index (χ1) is 62.0. The van der Waals surface area contributed by atoms with Crippen molar-refractivity contribution in [2.75, 3.05) is 0 Å². The number of ether oxygens (including phenoxy) is 5. The molecule has 648 valence electrons. The summed E-state index contributed by atoms with van der Waals surface area (Å²) in [5, 5.41) is 0. The third-order valence-electron chi connectivity index (χ3n) is 18.1. The van der Waals surface area contributed by atoms with E-state index in [9.17, 15) is 37.1 Å². The molecule has 15 aromatic heterocycles. The number of alkyl halides is 2. The van der Waals surface area contributed by atoms with Crippen LogP contribution in [0.2, 0.25) is 0 Å². The summed E-state index contributed by atoms with van der Waals surface area (Å²) in [5.41, 5.74) is 12.1. The van der Waals surface area contributed by atoms with E-state index in [-0.39, 0.29) is 78.2 Å². The third-order valence-corrected chi connectivity index (χ3v) is 18.1. The molecule has 0 fully saturated rings. The molecule has 128 heavy (non-hydrogen) atoms. The molecule has 0 atom stereocenters. The minimum absolute atomic E-state index is 0.0478. The fourth-order valence-electron chi connectivity index (χ4n) is 11.7. The number of carbonyl (C=O) groups excluding carboxylic acids is 5. The molecular formula is C96H88F3N19O10. The fraction of sp³-hybridized carbons (Fsp3) is 0.208. The van der Waals surface area contributed by atoms with Crippen LogP contribution in [0.4, 0.5) is 13.2 Å². The van der Waals surface area contributed by atoms with Gasteiger partial charge in [0.1, 0.15) is 99.8 Å². The van der Waals surface area contributed by atoms with Gasteiger partial charge in [-0.15, -0.1) is 0 Å². The molecule has 0 aliphatic carbocycles. The quantitative estimate of drug-likeness (QED) is 0.0364. The van der Waals surface area contributed by atoms with Crippen LogP contribution in [0.15, 0.2) is 245 Å². The minimum Gasteiger partial charge on any atom is -0.455 e. The Kier molecular flexibility index (Phi) is 34.2.